The monoisotopic (exact) mass is 238 g/mol. The molecule has 6 heteroatoms. The lowest BCUT2D eigenvalue weighted by Gasteiger charge is -2.10. The molecule has 0 saturated heterocycles. The Morgan fingerprint density at radius 3 is 2.29 bits per heavy atom. The Morgan fingerprint density at radius 1 is 1.35 bits per heavy atom. The van der Waals surface area contributed by atoms with Crippen molar-refractivity contribution in [3.8, 4) is 0 Å². The molecule has 0 saturated carbocycles. The fourth-order valence-electron chi connectivity index (χ4n) is 1.33. The molecule has 0 fully saturated rings. The van der Waals surface area contributed by atoms with Crippen molar-refractivity contribution >= 4 is 17.7 Å². The molecular formula is C11H16N3O3+. The number of amides is 1. The highest BCUT2D eigenvalue weighted by molar-refractivity contribution is 5.78. The van der Waals surface area contributed by atoms with Crippen molar-refractivity contribution < 1.29 is 19.3 Å². The molecule has 1 amide bonds. The van der Waals surface area contributed by atoms with E-state index in [1.54, 1.807) is 24.5 Å². The minimum Gasteiger partial charge on any atom is -0.465 e. The molecule has 0 radical (unpaired) electrons. The molecule has 1 aromatic rings. The van der Waals surface area contributed by atoms with Crippen LogP contribution in [0.2, 0.25) is 0 Å². The van der Waals surface area contributed by atoms with Gasteiger partial charge in [-0.05, 0) is 6.92 Å². The zero-order chi connectivity index (χ0) is 13.0. The molecule has 0 spiro atoms. The minimum absolute atomic E-state index is 0.322. The molecule has 92 valence electrons. The number of carbonyl (C=O) groups excluding carboxylic acids is 1. The summed E-state index contributed by atoms with van der Waals surface area (Å²) in [4.78, 5) is 24.1. The fourth-order valence-corrected chi connectivity index (χ4v) is 1.33. The third kappa shape index (κ3) is 3.44. The molecule has 1 aromatic heterocycles. The van der Waals surface area contributed by atoms with Gasteiger partial charge in [0, 0.05) is 31.9 Å². The summed E-state index contributed by atoms with van der Waals surface area (Å²) in [5, 5.41) is 10.6. The predicted octanol–water partition coefficient (Wildman–Crippen LogP) is 0.336. The van der Waals surface area contributed by atoms with E-state index in [0.29, 0.717) is 0 Å². The van der Waals surface area contributed by atoms with Gasteiger partial charge < -0.3 is 15.3 Å². The van der Waals surface area contributed by atoms with Crippen LogP contribution in [0.5, 0.6) is 0 Å². The van der Waals surface area contributed by atoms with Gasteiger partial charge in [-0.3, -0.25) is 0 Å². The molecular weight excluding hydrogens is 222 g/mol. The Labute approximate surface area is 99.5 Å². The molecule has 0 bridgehead atoms. The van der Waals surface area contributed by atoms with Crippen molar-refractivity contribution in [3.05, 3.63) is 24.5 Å². The lowest BCUT2D eigenvalue weighted by Crippen LogP contribution is -2.53. The standard InChI is InChI=1S/C11H15N3O3/c1-8(12-11(16)17)10(15)14-6-4-9(5-7-14)13(2)3/h4-8,12H,1-3H3/p+1/t8-/m0/s1. The van der Waals surface area contributed by atoms with Crippen LogP contribution in [-0.4, -0.2) is 37.2 Å². The zero-order valence-electron chi connectivity index (χ0n) is 10.0. The predicted molar refractivity (Wildman–Crippen MR) is 62.2 cm³/mol. The van der Waals surface area contributed by atoms with Crippen molar-refractivity contribution in [1.82, 2.24) is 5.32 Å². The van der Waals surface area contributed by atoms with Crippen LogP contribution in [0.15, 0.2) is 24.5 Å². The maximum absolute atomic E-state index is 11.8. The average molecular weight is 238 g/mol. The van der Waals surface area contributed by atoms with Crippen molar-refractivity contribution in [3.63, 3.8) is 0 Å². The number of nitrogens with zero attached hydrogens (tertiary/aromatic N) is 2. The summed E-state index contributed by atoms with van der Waals surface area (Å²) in [6.45, 7) is 1.50. The van der Waals surface area contributed by atoms with E-state index in [9.17, 15) is 9.59 Å². The first-order valence-electron chi connectivity index (χ1n) is 5.14. The van der Waals surface area contributed by atoms with Crippen LogP contribution in [0.25, 0.3) is 0 Å². The minimum atomic E-state index is -1.21. The maximum Gasteiger partial charge on any atom is 0.414 e. The van der Waals surface area contributed by atoms with Gasteiger partial charge in [0.05, 0.1) is 0 Å². The van der Waals surface area contributed by atoms with E-state index in [-0.39, 0.29) is 5.91 Å². The number of rotatable bonds is 3. The Morgan fingerprint density at radius 2 is 1.88 bits per heavy atom. The molecule has 0 unspecified atom stereocenters. The molecule has 1 heterocycles. The Hall–Kier alpha value is -2.11. The van der Waals surface area contributed by atoms with Gasteiger partial charge in [-0.25, -0.2) is 9.59 Å². The number of anilines is 1. The van der Waals surface area contributed by atoms with E-state index >= 15 is 0 Å². The highest BCUT2D eigenvalue weighted by atomic mass is 16.4. The van der Waals surface area contributed by atoms with Crippen molar-refractivity contribution in [2.75, 3.05) is 19.0 Å². The van der Waals surface area contributed by atoms with Gasteiger partial charge in [-0.1, -0.05) is 0 Å². The first-order valence-corrected chi connectivity index (χ1v) is 5.14. The highest BCUT2D eigenvalue weighted by Crippen LogP contribution is 2.05. The average Bonchev–Trinajstić information content (AvgIpc) is 2.27. The van der Waals surface area contributed by atoms with E-state index in [4.69, 9.17) is 5.11 Å². The third-order valence-corrected chi connectivity index (χ3v) is 2.29. The van der Waals surface area contributed by atoms with Gasteiger partial charge in [0.1, 0.15) is 0 Å². The quantitative estimate of drug-likeness (QED) is 0.745. The topological polar surface area (TPSA) is 73.5 Å². The van der Waals surface area contributed by atoms with Crippen LogP contribution in [0, 0.1) is 0 Å². The highest BCUT2D eigenvalue weighted by Gasteiger charge is 2.24. The van der Waals surface area contributed by atoms with E-state index in [0.717, 1.165) is 5.69 Å². The van der Waals surface area contributed by atoms with Gasteiger partial charge in [-0.2, -0.15) is 0 Å². The summed E-state index contributed by atoms with van der Waals surface area (Å²) < 4.78 is 1.35. The van der Waals surface area contributed by atoms with Gasteiger partial charge in [0.25, 0.3) is 0 Å². The molecule has 1 atom stereocenters. The van der Waals surface area contributed by atoms with Crippen LogP contribution in [0.3, 0.4) is 0 Å². The zero-order valence-corrected chi connectivity index (χ0v) is 10.0. The summed E-state index contributed by atoms with van der Waals surface area (Å²) in [5.41, 5.74) is 0.966. The smallest absolute Gasteiger partial charge is 0.414 e. The number of carboxylic acid groups (broad SMARTS) is 1. The van der Waals surface area contributed by atoms with E-state index < -0.39 is 12.1 Å². The lowest BCUT2D eigenvalue weighted by molar-refractivity contribution is -0.575. The fraction of sp³-hybridized carbons (Fsp3) is 0.364. The van der Waals surface area contributed by atoms with Gasteiger partial charge >= 0.3 is 12.0 Å². The molecule has 1 rings (SSSR count). The number of carbonyl (C=O) groups is 2. The summed E-state index contributed by atoms with van der Waals surface area (Å²) in [7, 11) is 3.80. The van der Waals surface area contributed by atoms with Crippen LogP contribution in [-0.2, 0) is 0 Å². The summed E-state index contributed by atoms with van der Waals surface area (Å²) in [6.07, 6.45) is 2.01. The number of hydrogen-bond acceptors (Lipinski definition) is 3. The number of nitrogens with one attached hydrogen (secondary N) is 1. The second-order valence-electron chi connectivity index (χ2n) is 3.87. The molecule has 0 aromatic carbocycles. The Kier molecular flexibility index (Phi) is 4.03. The summed E-state index contributed by atoms with van der Waals surface area (Å²) in [5.74, 6) is -0.322. The molecule has 2 N–H and O–H groups in total. The lowest BCUT2D eigenvalue weighted by atomic mass is 10.3. The van der Waals surface area contributed by atoms with E-state index in [2.05, 4.69) is 5.32 Å². The first-order chi connectivity index (χ1) is 7.91. The second kappa shape index (κ2) is 5.29. The molecule has 0 aliphatic heterocycles. The van der Waals surface area contributed by atoms with Crippen LogP contribution in [0.1, 0.15) is 11.7 Å². The van der Waals surface area contributed by atoms with Crippen LogP contribution >= 0.6 is 0 Å². The molecule has 6 nitrogen and oxygen atoms in total. The summed E-state index contributed by atoms with van der Waals surface area (Å²) >= 11 is 0. The van der Waals surface area contributed by atoms with Crippen LogP contribution in [0.4, 0.5) is 10.5 Å². The van der Waals surface area contributed by atoms with Gasteiger partial charge in [0.15, 0.2) is 18.4 Å². The van der Waals surface area contributed by atoms with E-state index in [1.165, 1.54) is 11.5 Å². The maximum atomic E-state index is 11.8. The number of hydrogen-bond donors (Lipinski definition) is 2. The first kappa shape index (κ1) is 13.0. The number of pyridine rings is 1. The largest absolute Gasteiger partial charge is 0.465 e. The second-order valence-corrected chi connectivity index (χ2v) is 3.87. The normalized spacial score (nSPS) is 11.7. The SMILES string of the molecule is C[C@H](NC(=O)O)C(=O)[n+]1ccc(N(C)C)cc1. The molecule has 17 heavy (non-hydrogen) atoms. The van der Waals surface area contributed by atoms with Crippen LogP contribution < -0.4 is 14.8 Å². The van der Waals surface area contributed by atoms with Crippen molar-refractivity contribution in [2.45, 2.75) is 13.0 Å². The van der Waals surface area contributed by atoms with Crippen molar-refractivity contribution in [2.24, 2.45) is 0 Å². The number of aromatic nitrogens is 1. The Bertz CT molecular complexity index is 414. The van der Waals surface area contributed by atoms with Gasteiger partial charge in [0.2, 0.25) is 0 Å². The molecule has 0 aliphatic carbocycles. The van der Waals surface area contributed by atoms with E-state index in [1.807, 2.05) is 19.0 Å². The molecule has 0 aliphatic rings. The Balaban J connectivity index is 2.79. The van der Waals surface area contributed by atoms with Crippen molar-refractivity contribution in [1.29, 1.82) is 0 Å². The summed E-state index contributed by atoms with van der Waals surface area (Å²) in [6, 6.07) is 2.79. The van der Waals surface area contributed by atoms with Gasteiger partial charge in [-0.15, -0.1) is 4.57 Å². The third-order valence-electron chi connectivity index (χ3n) is 2.29.